The Hall–Kier alpha value is -1.16. The van der Waals surface area contributed by atoms with E-state index in [-0.39, 0.29) is 6.42 Å². The molecule has 0 saturated carbocycles. The number of anilines is 1. The molecule has 1 atom stereocenters. The van der Waals surface area contributed by atoms with Crippen LogP contribution in [-0.4, -0.2) is 16.3 Å². The monoisotopic (exact) mass is 239 g/mol. The fourth-order valence-corrected chi connectivity index (χ4v) is 2.43. The Labute approximate surface area is 100 Å². The van der Waals surface area contributed by atoms with Crippen LogP contribution in [-0.2, 0) is 4.79 Å². The van der Waals surface area contributed by atoms with Crippen molar-refractivity contribution in [1.29, 1.82) is 0 Å². The van der Waals surface area contributed by atoms with Gasteiger partial charge in [-0.3, -0.25) is 4.79 Å². The van der Waals surface area contributed by atoms with Gasteiger partial charge in [-0.05, 0) is 37.1 Å². The Kier molecular flexibility index (Phi) is 4.68. The summed E-state index contributed by atoms with van der Waals surface area (Å²) in [6.07, 6.45) is 0.908. The second kappa shape index (κ2) is 5.80. The van der Waals surface area contributed by atoms with Crippen LogP contribution in [0, 0.1) is 6.92 Å². The molecule has 0 heterocycles. The van der Waals surface area contributed by atoms with Crippen LogP contribution in [0.2, 0.25) is 0 Å². The van der Waals surface area contributed by atoms with E-state index in [4.69, 9.17) is 10.8 Å². The van der Waals surface area contributed by atoms with Crippen molar-refractivity contribution in [3.05, 3.63) is 23.8 Å². The lowest BCUT2D eigenvalue weighted by atomic mass is 10.2. The third kappa shape index (κ3) is 4.14. The maximum Gasteiger partial charge on any atom is 0.303 e. The first kappa shape index (κ1) is 12.9. The van der Waals surface area contributed by atoms with Crippen LogP contribution in [0.1, 0.15) is 25.3 Å². The van der Waals surface area contributed by atoms with Gasteiger partial charge in [-0.15, -0.1) is 11.8 Å². The Balaban J connectivity index is 2.52. The van der Waals surface area contributed by atoms with Gasteiger partial charge in [-0.2, -0.15) is 0 Å². The maximum atomic E-state index is 10.4. The molecule has 1 aromatic rings. The standard InChI is InChI=1S/C12H17NO2S/c1-8-7-10(4-5-11(8)13)16-9(2)3-6-12(14)15/h4-5,7,9H,3,6,13H2,1-2H3,(H,14,15). The van der Waals surface area contributed by atoms with E-state index in [2.05, 4.69) is 0 Å². The fraction of sp³-hybridized carbons (Fsp3) is 0.417. The van der Waals surface area contributed by atoms with Gasteiger partial charge in [-0.25, -0.2) is 0 Å². The van der Waals surface area contributed by atoms with Gasteiger partial charge in [-0.1, -0.05) is 6.92 Å². The molecule has 0 aliphatic rings. The molecule has 0 fully saturated rings. The van der Waals surface area contributed by atoms with Gasteiger partial charge in [0.25, 0.3) is 0 Å². The highest BCUT2D eigenvalue weighted by Crippen LogP contribution is 2.28. The van der Waals surface area contributed by atoms with Gasteiger partial charge < -0.3 is 10.8 Å². The Morgan fingerprint density at radius 2 is 2.25 bits per heavy atom. The minimum Gasteiger partial charge on any atom is -0.481 e. The van der Waals surface area contributed by atoms with E-state index < -0.39 is 5.97 Å². The van der Waals surface area contributed by atoms with Crippen molar-refractivity contribution in [3.63, 3.8) is 0 Å². The summed E-state index contributed by atoms with van der Waals surface area (Å²) in [6, 6.07) is 5.91. The summed E-state index contributed by atoms with van der Waals surface area (Å²) in [4.78, 5) is 11.6. The van der Waals surface area contributed by atoms with Crippen LogP contribution >= 0.6 is 11.8 Å². The predicted molar refractivity (Wildman–Crippen MR) is 67.8 cm³/mol. The molecule has 1 unspecified atom stereocenters. The average Bonchev–Trinajstić information content (AvgIpc) is 2.21. The summed E-state index contributed by atoms with van der Waals surface area (Å²) < 4.78 is 0. The first-order valence-electron chi connectivity index (χ1n) is 5.23. The molecular weight excluding hydrogens is 222 g/mol. The molecule has 0 amide bonds. The number of rotatable bonds is 5. The van der Waals surface area contributed by atoms with Crippen LogP contribution < -0.4 is 5.73 Å². The fourth-order valence-electron chi connectivity index (χ4n) is 1.34. The lowest BCUT2D eigenvalue weighted by Crippen LogP contribution is -2.02. The van der Waals surface area contributed by atoms with E-state index in [1.54, 1.807) is 11.8 Å². The number of carbonyl (C=O) groups is 1. The van der Waals surface area contributed by atoms with Crippen molar-refractivity contribution in [2.75, 3.05) is 5.73 Å². The molecule has 4 heteroatoms. The van der Waals surface area contributed by atoms with Crippen LogP contribution in [0.5, 0.6) is 0 Å². The second-order valence-corrected chi connectivity index (χ2v) is 5.39. The zero-order valence-corrected chi connectivity index (χ0v) is 10.4. The van der Waals surface area contributed by atoms with Crippen LogP contribution in [0.15, 0.2) is 23.1 Å². The molecule has 3 N–H and O–H groups in total. The number of carboxylic acid groups (broad SMARTS) is 1. The Morgan fingerprint density at radius 1 is 1.56 bits per heavy atom. The molecule has 16 heavy (non-hydrogen) atoms. The van der Waals surface area contributed by atoms with Crippen LogP contribution in [0.25, 0.3) is 0 Å². The third-order valence-corrected chi connectivity index (χ3v) is 3.51. The van der Waals surface area contributed by atoms with Crippen molar-refractivity contribution in [3.8, 4) is 0 Å². The quantitative estimate of drug-likeness (QED) is 0.612. The van der Waals surface area contributed by atoms with E-state index in [0.717, 1.165) is 16.1 Å². The van der Waals surface area contributed by atoms with Crippen molar-refractivity contribution in [2.24, 2.45) is 0 Å². The summed E-state index contributed by atoms with van der Waals surface area (Å²) >= 11 is 1.69. The van der Waals surface area contributed by atoms with Gasteiger partial charge >= 0.3 is 5.97 Å². The summed E-state index contributed by atoms with van der Waals surface area (Å²) in [7, 11) is 0. The van der Waals surface area contributed by atoms with E-state index >= 15 is 0 Å². The normalized spacial score (nSPS) is 12.4. The molecule has 0 radical (unpaired) electrons. The van der Waals surface area contributed by atoms with Crippen molar-refractivity contribution in [2.45, 2.75) is 36.8 Å². The van der Waals surface area contributed by atoms with Gasteiger partial charge in [0.2, 0.25) is 0 Å². The third-order valence-electron chi connectivity index (χ3n) is 2.34. The molecule has 1 aromatic carbocycles. The summed E-state index contributed by atoms with van der Waals surface area (Å²) in [5.41, 5.74) is 7.59. The molecule has 0 saturated heterocycles. The zero-order chi connectivity index (χ0) is 12.1. The van der Waals surface area contributed by atoms with Crippen molar-refractivity contribution < 1.29 is 9.90 Å². The number of thioether (sulfide) groups is 1. The van der Waals surface area contributed by atoms with E-state index in [1.165, 1.54) is 0 Å². The number of nitrogens with two attached hydrogens (primary N) is 1. The molecule has 0 aliphatic carbocycles. The smallest absolute Gasteiger partial charge is 0.303 e. The molecule has 0 bridgehead atoms. The second-order valence-electron chi connectivity index (χ2n) is 3.88. The van der Waals surface area contributed by atoms with Crippen LogP contribution in [0.3, 0.4) is 0 Å². The molecule has 0 spiro atoms. The van der Waals surface area contributed by atoms with Crippen molar-refractivity contribution >= 4 is 23.4 Å². The Bertz CT molecular complexity index is 379. The lowest BCUT2D eigenvalue weighted by Gasteiger charge is -2.10. The van der Waals surface area contributed by atoms with E-state index in [9.17, 15) is 4.79 Å². The maximum absolute atomic E-state index is 10.4. The number of hydrogen-bond donors (Lipinski definition) is 2. The lowest BCUT2D eigenvalue weighted by molar-refractivity contribution is -0.137. The number of hydrogen-bond acceptors (Lipinski definition) is 3. The molecule has 88 valence electrons. The van der Waals surface area contributed by atoms with E-state index in [1.807, 2.05) is 32.0 Å². The topological polar surface area (TPSA) is 63.3 Å². The minimum absolute atomic E-state index is 0.224. The minimum atomic E-state index is -0.735. The largest absolute Gasteiger partial charge is 0.481 e. The van der Waals surface area contributed by atoms with Crippen LogP contribution in [0.4, 0.5) is 5.69 Å². The first-order valence-corrected chi connectivity index (χ1v) is 6.11. The highest BCUT2D eigenvalue weighted by molar-refractivity contribution is 7.99. The Morgan fingerprint density at radius 3 is 2.81 bits per heavy atom. The van der Waals surface area contributed by atoms with Gasteiger partial charge in [0.15, 0.2) is 0 Å². The summed E-state index contributed by atoms with van der Waals surface area (Å²) in [6.45, 7) is 4.01. The molecule has 3 nitrogen and oxygen atoms in total. The summed E-state index contributed by atoms with van der Waals surface area (Å²) in [5, 5.41) is 8.89. The van der Waals surface area contributed by atoms with Gasteiger partial charge in [0.1, 0.15) is 0 Å². The summed E-state index contributed by atoms with van der Waals surface area (Å²) in [5.74, 6) is -0.735. The molecule has 1 rings (SSSR count). The number of carboxylic acids is 1. The number of aliphatic carboxylic acids is 1. The van der Waals surface area contributed by atoms with Gasteiger partial charge in [0, 0.05) is 22.3 Å². The SMILES string of the molecule is Cc1cc(SC(C)CCC(=O)O)ccc1N. The average molecular weight is 239 g/mol. The highest BCUT2D eigenvalue weighted by atomic mass is 32.2. The van der Waals surface area contributed by atoms with E-state index in [0.29, 0.717) is 11.7 Å². The zero-order valence-electron chi connectivity index (χ0n) is 9.56. The molecule has 0 aromatic heterocycles. The number of aryl methyl sites for hydroxylation is 1. The van der Waals surface area contributed by atoms with Crippen molar-refractivity contribution in [1.82, 2.24) is 0 Å². The first-order chi connectivity index (χ1) is 7.49. The molecular formula is C12H17NO2S. The van der Waals surface area contributed by atoms with Gasteiger partial charge in [0.05, 0.1) is 0 Å². The highest BCUT2D eigenvalue weighted by Gasteiger charge is 2.07. The number of nitrogen functional groups attached to an aromatic ring is 1. The molecule has 0 aliphatic heterocycles. The number of benzene rings is 1. The predicted octanol–water partition coefficient (Wildman–Crippen LogP) is 2.92.